The van der Waals surface area contributed by atoms with E-state index in [9.17, 15) is 13.2 Å². The number of rotatable bonds is 6. The third-order valence-corrected chi connectivity index (χ3v) is 7.86. The SMILES string of the molecule is COc1ccc(S(=O)(=O)N2CCCCCC2)cc1NC(=O)CN1CCc2ccccc21. The normalized spacial score (nSPS) is 17.1. The van der Waals surface area contributed by atoms with E-state index in [1.807, 2.05) is 23.1 Å². The molecule has 0 aromatic heterocycles. The second-order valence-electron chi connectivity index (χ2n) is 8.03. The van der Waals surface area contributed by atoms with Crippen LogP contribution >= 0.6 is 0 Å². The van der Waals surface area contributed by atoms with Gasteiger partial charge in [0.2, 0.25) is 15.9 Å². The van der Waals surface area contributed by atoms with E-state index in [2.05, 4.69) is 11.4 Å². The van der Waals surface area contributed by atoms with Gasteiger partial charge in [-0.15, -0.1) is 0 Å². The summed E-state index contributed by atoms with van der Waals surface area (Å²) < 4.78 is 33.2. The molecule has 2 heterocycles. The van der Waals surface area contributed by atoms with Crippen LogP contribution in [-0.4, -0.2) is 51.9 Å². The van der Waals surface area contributed by atoms with Gasteiger partial charge in [0.15, 0.2) is 0 Å². The van der Waals surface area contributed by atoms with Crippen molar-refractivity contribution in [2.45, 2.75) is 37.0 Å². The summed E-state index contributed by atoms with van der Waals surface area (Å²) in [6, 6.07) is 12.7. The van der Waals surface area contributed by atoms with E-state index in [0.29, 0.717) is 24.5 Å². The van der Waals surface area contributed by atoms with Gasteiger partial charge in [0.25, 0.3) is 0 Å². The molecule has 2 aromatic rings. The molecule has 8 heteroatoms. The standard InChI is InChI=1S/C23H29N3O4S/c1-30-22-11-10-19(31(28,29)26-13-6-2-3-7-14-26)16-20(22)24-23(27)17-25-15-12-18-8-4-5-9-21(18)25/h4-5,8-11,16H,2-3,6-7,12-15,17H2,1H3,(H,24,27). The number of carbonyl (C=O) groups is 1. The maximum absolute atomic E-state index is 13.2. The molecule has 1 amide bonds. The van der Waals surface area contributed by atoms with Crippen molar-refractivity contribution >= 4 is 27.3 Å². The average Bonchev–Trinajstić information content (AvgIpc) is 2.98. The number of benzene rings is 2. The van der Waals surface area contributed by atoms with E-state index in [4.69, 9.17) is 4.74 Å². The fourth-order valence-electron chi connectivity index (χ4n) is 4.31. The first-order valence-corrected chi connectivity index (χ1v) is 12.2. The van der Waals surface area contributed by atoms with Crippen LogP contribution in [0.3, 0.4) is 0 Å². The number of para-hydroxylation sites is 1. The molecule has 0 bridgehead atoms. The molecule has 4 rings (SSSR count). The molecule has 0 saturated carbocycles. The number of hydrogen-bond donors (Lipinski definition) is 1. The maximum Gasteiger partial charge on any atom is 0.243 e. The molecule has 1 saturated heterocycles. The molecule has 1 N–H and O–H groups in total. The lowest BCUT2D eigenvalue weighted by Crippen LogP contribution is -2.33. The van der Waals surface area contributed by atoms with Gasteiger partial charge in [-0.3, -0.25) is 4.79 Å². The zero-order valence-corrected chi connectivity index (χ0v) is 18.7. The Bertz CT molecular complexity index is 1050. The summed E-state index contributed by atoms with van der Waals surface area (Å²) in [5.74, 6) is 0.226. The Morgan fingerprint density at radius 2 is 1.77 bits per heavy atom. The van der Waals surface area contributed by atoms with E-state index < -0.39 is 10.0 Å². The second kappa shape index (κ2) is 9.28. The minimum atomic E-state index is -3.61. The quantitative estimate of drug-likeness (QED) is 0.741. The van der Waals surface area contributed by atoms with Gasteiger partial charge in [0.1, 0.15) is 5.75 Å². The second-order valence-corrected chi connectivity index (χ2v) is 9.97. The molecule has 7 nitrogen and oxygen atoms in total. The van der Waals surface area contributed by atoms with Crippen molar-refractivity contribution < 1.29 is 17.9 Å². The number of nitrogens with one attached hydrogen (secondary N) is 1. The first-order chi connectivity index (χ1) is 15.0. The van der Waals surface area contributed by atoms with Crippen molar-refractivity contribution in [3.8, 4) is 5.75 Å². The van der Waals surface area contributed by atoms with E-state index >= 15 is 0 Å². The Labute approximate surface area is 184 Å². The summed E-state index contributed by atoms with van der Waals surface area (Å²) in [6.07, 6.45) is 4.76. The topological polar surface area (TPSA) is 79.0 Å². The first-order valence-electron chi connectivity index (χ1n) is 10.8. The number of amides is 1. The van der Waals surface area contributed by atoms with Crippen molar-refractivity contribution in [2.24, 2.45) is 0 Å². The molecule has 31 heavy (non-hydrogen) atoms. The van der Waals surface area contributed by atoms with Crippen LogP contribution in [0.4, 0.5) is 11.4 Å². The summed E-state index contributed by atoms with van der Waals surface area (Å²) in [4.78, 5) is 15.0. The molecule has 0 spiro atoms. The fourth-order valence-corrected chi connectivity index (χ4v) is 5.85. The molecule has 1 fully saturated rings. The van der Waals surface area contributed by atoms with Crippen LogP contribution in [0, 0.1) is 0 Å². The maximum atomic E-state index is 13.2. The van der Waals surface area contributed by atoms with Crippen molar-refractivity contribution in [2.75, 3.05) is 43.5 Å². The third-order valence-electron chi connectivity index (χ3n) is 5.97. The van der Waals surface area contributed by atoms with Gasteiger partial charge in [-0.2, -0.15) is 4.31 Å². The predicted molar refractivity (Wildman–Crippen MR) is 121 cm³/mol. The summed E-state index contributed by atoms with van der Waals surface area (Å²) in [7, 11) is -2.11. The average molecular weight is 444 g/mol. The zero-order chi connectivity index (χ0) is 21.8. The van der Waals surface area contributed by atoms with Gasteiger partial charge >= 0.3 is 0 Å². The number of anilines is 2. The molecule has 2 aromatic carbocycles. The molecule has 2 aliphatic heterocycles. The van der Waals surface area contributed by atoms with Crippen LogP contribution in [0.2, 0.25) is 0 Å². The number of sulfonamides is 1. The number of nitrogens with zero attached hydrogens (tertiary/aromatic N) is 2. The third kappa shape index (κ3) is 4.70. The van der Waals surface area contributed by atoms with E-state index in [-0.39, 0.29) is 17.3 Å². The Balaban J connectivity index is 1.52. The van der Waals surface area contributed by atoms with Gasteiger partial charge in [0, 0.05) is 25.3 Å². The molecule has 166 valence electrons. The van der Waals surface area contributed by atoms with Crippen LogP contribution in [0.5, 0.6) is 5.75 Å². The largest absolute Gasteiger partial charge is 0.495 e. The van der Waals surface area contributed by atoms with Crippen molar-refractivity contribution in [1.29, 1.82) is 0 Å². The highest BCUT2D eigenvalue weighted by Gasteiger charge is 2.27. The zero-order valence-electron chi connectivity index (χ0n) is 17.8. The van der Waals surface area contributed by atoms with E-state index in [0.717, 1.165) is 44.3 Å². The molecule has 0 atom stereocenters. The van der Waals surface area contributed by atoms with Gasteiger partial charge in [-0.25, -0.2) is 8.42 Å². The molecule has 0 radical (unpaired) electrons. The molecule has 0 unspecified atom stereocenters. The Morgan fingerprint density at radius 3 is 2.52 bits per heavy atom. The lowest BCUT2D eigenvalue weighted by molar-refractivity contribution is -0.115. The lowest BCUT2D eigenvalue weighted by atomic mass is 10.2. The van der Waals surface area contributed by atoms with Crippen LogP contribution < -0.4 is 15.0 Å². The molecular weight excluding hydrogens is 414 g/mol. The number of carbonyl (C=O) groups excluding carboxylic acids is 1. The van der Waals surface area contributed by atoms with Gasteiger partial charge in [-0.05, 0) is 49.1 Å². The number of fused-ring (bicyclic) bond motifs is 1. The van der Waals surface area contributed by atoms with Crippen LogP contribution in [-0.2, 0) is 21.2 Å². The minimum absolute atomic E-state index is 0.178. The van der Waals surface area contributed by atoms with Gasteiger partial charge in [-0.1, -0.05) is 31.0 Å². The number of ether oxygens (including phenoxy) is 1. The Kier molecular flexibility index (Phi) is 6.48. The summed E-state index contributed by atoms with van der Waals surface area (Å²) >= 11 is 0. The summed E-state index contributed by atoms with van der Waals surface area (Å²) in [5.41, 5.74) is 2.68. The van der Waals surface area contributed by atoms with Crippen LogP contribution in [0.15, 0.2) is 47.4 Å². The van der Waals surface area contributed by atoms with Gasteiger partial charge in [0.05, 0.1) is 24.2 Å². The highest BCUT2D eigenvalue weighted by molar-refractivity contribution is 7.89. The molecule has 2 aliphatic rings. The Morgan fingerprint density at radius 1 is 1.03 bits per heavy atom. The van der Waals surface area contributed by atoms with E-state index in [1.54, 1.807) is 16.4 Å². The molecular formula is C23H29N3O4S. The van der Waals surface area contributed by atoms with Crippen LogP contribution in [0.1, 0.15) is 31.2 Å². The van der Waals surface area contributed by atoms with Crippen molar-refractivity contribution in [3.05, 3.63) is 48.0 Å². The number of methoxy groups -OCH3 is 1. The minimum Gasteiger partial charge on any atom is -0.495 e. The number of hydrogen-bond acceptors (Lipinski definition) is 5. The Hall–Kier alpha value is -2.58. The summed E-state index contributed by atoms with van der Waals surface area (Å²) in [5, 5.41) is 2.86. The lowest BCUT2D eigenvalue weighted by Gasteiger charge is -2.22. The fraction of sp³-hybridized carbons (Fsp3) is 0.435. The monoisotopic (exact) mass is 443 g/mol. The van der Waals surface area contributed by atoms with Crippen molar-refractivity contribution in [1.82, 2.24) is 4.31 Å². The predicted octanol–water partition coefficient (Wildman–Crippen LogP) is 3.26. The highest BCUT2D eigenvalue weighted by Crippen LogP contribution is 2.31. The smallest absolute Gasteiger partial charge is 0.243 e. The highest BCUT2D eigenvalue weighted by atomic mass is 32.2. The van der Waals surface area contributed by atoms with Gasteiger partial charge < -0.3 is 15.0 Å². The van der Waals surface area contributed by atoms with Crippen molar-refractivity contribution in [3.63, 3.8) is 0 Å². The summed E-state index contributed by atoms with van der Waals surface area (Å²) in [6.45, 7) is 2.05. The van der Waals surface area contributed by atoms with E-state index in [1.165, 1.54) is 18.7 Å². The first kappa shape index (κ1) is 21.6. The van der Waals surface area contributed by atoms with Crippen LogP contribution in [0.25, 0.3) is 0 Å². The molecule has 0 aliphatic carbocycles.